The number of hydrogen-bond acceptors (Lipinski definition) is 19. The number of halogens is 3. The molecule has 5 fully saturated rings. The van der Waals surface area contributed by atoms with Gasteiger partial charge >= 0.3 is 0 Å². The molecule has 12 aromatic rings. The van der Waals surface area contributed by atoms with Gasteiger partial charge in [0.05, 0.1) is 40.9 Å². The van der Waals surface area contributed by atoms with Gasteiger partial charge in [-0.2, -0.15) is 0 Å². The number of aromatic nitrogens is 9. The van der Waals surface area contributed by atoms with Gasteiger partial charge in [-0.25, -0.2) is 34.3 Å². The molecule has 2 aliphatic carbocycles. The highest BCUT2D eigenvalue weighted by Gasteiger charge is 2.36. The summed E-state index contributed by atoms with van der Waals surface area (Å²) < 4.78 is 42.6. The van der Waals surface area contributed by atoms with Crippen LogP contribution in [0.25, 0.3) is 66.5 Å². The van der Waals surface area contributed by atoms with E-state index in [-0.39, 0.29) is 41.7 Å². The summed E-state index contributed by atoms with van der Waals surface area (Å²) in [6.07, 6.45) is 23.6. The molecule has 3 aliphatic heterocycles. The van der Waals surface area contributed by atoms with Crippen molar-refractivity contribution in [1.82, 2.24) is 73.0 Å². The number of fused-ring (bicyclic) bond motifs is 3. The van der Waals surface area contributed by atoms with Gasteiger partial charge < -0.3 is 69.4 Å². The maximum absolute atomic E-state index is 13.5. The molecule has 0 bridgehead atoms. The molecule has 0 radical (unpaired) electrons. The number of rotatable bonds is 26. The van der Waals surface area contributed by atoms with E-state index in [4.69, 9.17) is 59.4 Å². The lowest BCUT2D eigenvalue weighted by Gasteiger charge is -2.33. The first-order chi connectivity index (χ1) is 58.3. The van der Waals surface area contributed by atoms with Gasteiger partial charge in [0.15, 0.2) is 0 Å². The summed E-state index contributed by atoms with van der Waals surface area (Å²) in [4.78, 5) is 77.8. The minimum absolute atomic E-state index is 0.00234. The Morgan fingerprint density at radius 3 is 1.27 bits per heavy atom. The summed E-state index contributed by atoms with van der Waals surface area (Å²) in [5, 5.41) is 3.25. The van der Waals surface area contributed by atoms with Crippen molar-refractivity contribution >= 4 is 91.5 Å². The second-order valence-electron chi connectivity index (χ2n) is 31.1. The van der Waals surface area contributed by atoms with Crippen LogP contribution in [0.5, 0.6) is 34.5 Å². The van der Waals surface area contributed by atoms with Crippen molar-refractivity contribution in [2.24, 2.45) is 0 Å². The standard InChI is InChI=1S/C31H33ClN6O2.C31H36N6O3.C30H30ClFN6O2/c1-36(22-13-14-22)17-6-10-26(39)37-18-5-7-23(19-37)38-29(32)27(28-30(33)34-20-35-31(28)38)21-11-15-25(16-12-21)40-24-8-3-2-4-9-24;1-22-28(23-11-13-26(14-12-23)40-25-8-5-4-6-9-25)29-30(32)33-21-34-31(29)37(22)24-15-17-36(20-24)27(38)10-7-16-35(2)18-19-39-3;1-36(21-9-10-21)14-3-6-25(39)37-15-13-22(17-37)38-28(31)26(27-29(33)34-18-35-30(27)38)19-7-11-23(12-8-19)40-24-5-2-4-20(32)16-24/h2-4,6,8-12,15-16,20,22-23H,5,7,13-14,17-19H2,1H3,(H2,33,34,35);4-14,21,24H,15-20H2,1-3H3,(H2,32,33,34);2-8,11-12,16,18,21-22H,9-10,13-15,17H2,1H3,(H2,33,34,35)/b10-6+;10-7+;6-3+/t;24-;22-/m.11/s1. The molecule has 3 amide bonds. The van der Waals surface area contributed by atoms with E-state index in [2.05, 4.69) is 70.2 Å². The lowest BCUT2D eigenvalue weighted by Crippen LogP contribution is -2.40. The number of piperidine rings is 1. The Bertz CT molecular complexity index is 5700. The third kappa shape index (κ3) is 19.3. The molecule has 1 unspecified atom stereocenters. The monoisotopic (exact) mass is 1660 g/mol. The van der Waals surface area contributed by atoms with Crippen LogP contribution in [0.3, 0.4) is 0 Å². The fourth-order valence-electron chi connectivity index (χ4n) is 16.1. The Morgan fingerprint density at radius 1 is 0.458 bits per heavy atom. The molecule has 2 saturated carbocycles. The topological polar surface area (TPSA) is 278 Å². The maximum Gasteiger partial charge on any atom is 0.246 e. The van der Waals surface area contributed by atoms with Crippen molar-refractivity contribution < 1.29 is 37.7 Å². The number of nitrogens with two attached hydrogens (primary N) is 3. The fraction of sp³-hybridized carbons (Fsp3) is 0.315. The van der Waals surface area contributed by atoms with Gasteiger partial charge in [-0.05, 0) is 169 Å². The zero-order valence-electron chi connectivity index (χ0n) is 68.0. The number of likely N-dealkylation sites (N-methyl/N-ethyl adjacent to an activating group) is 3. The molecule has 6 aromatic carbocycles. The quantitative estimate of drug-likeness (QED) is 0.0425. The van der Waals surface area contributed by atoms with Gasteiger partial charge in [-0.3, -0.25) is 24.2 Å². The Labute approximate surface area is 707 Å². The average Bonchev–Trinajstić information content (AvgIpc) is 1.58. The van der Waals surface area contributed by atoms with Crippen molar-refractivity contribution in [2.75, 3.05) is 118 Å². The number of ether oxygens (including phenoxy) is 4. The second kappa shape index (κ2) is 37.9. The highest BCUT2D eigenvalue weighted by atomic mass is 35.5. The van der Waals surface area contributed by atoms with Gasteiger partial charge in [-0.15, -0.1) is 0 Å². The number of likely N-dealkylation sites (tertiary alicyclic amines) is 3. The summed E-state index contributed by atoms with van der Waals surface area (Å²) in [6.45, 7) is 9.56. The first-order valence-electron chi connectivity index (χ1n) is 40.7. The molecule has 28 heteroatoms. The molecule has 3 atom stereocenters. The molecule has 6 aromatic heterocycles. The molecule has 25 nitrogen and oxygen atoms in total. The predicted molar refractivity (Wildman–Crippen MR) is 470 cm³/mol. The number of benzene rings is 6. The van der Waals surface area contributed by atoms with Crippen LogP contribution in [0.2, 0.25) is 10.3 Å². The van der Waals surface area contributed by atoms with Crippen molar-refractivity contribution in [3.63, 3.8) is 0 Å². The summed E-state index contributed by atoms with van der Waals surface area (Å²) >= 11 is 14.2. The highest BCUT2D eigenvalue weighted by Crippen LogP contribution is 2.47. The van der Waals surface area contributed by atoms with E-state index in [1.165, 1.54) is 56.8 Å². The van der Waals surface area contributed by atoms with Crippen LogP contribution < -0.4 is 31.4 Å². The SMILES string of the molecule is CN(C/C=C/C(=O)N1CCCC(n2c(Cl)c(-c3ccc(Oc4ccccc4)cc3)c3c(N)ncnc32)C1)C1CC1.CN(C/C=C/C(=O)N1CC[C@@H](n2c(Cl)c(-c3ccc(Oc4cccc(F)c4)cc3)c3c(N)ncnc32)C1)C1CC1.COCCN(C)C/C=C/C(=O)N1CC[C@@H](n2c(C)c(-c3ccc(Oc4ccccc4)cc3)c3c(N)ncnc32)C1. The lowest BCUT2D eigenvalue weighted by molar-refractivity contribution is -0.127. The Balaban J connectivity index is 0.000000140. The minimum Gasteiger partial charge on any atom is -0.457 e. The second-order valence-corrected chi connectivity index (χ2v) is 31.8. The highest BCUT2D eigenvalue weighted by molar-refractivity contribution is 6.36. The maximum atomic E-state index is 13.5. The first-order valence-corrected chi connectivity index (χ1v) is 41.5. The van der Waals surface area contributed by atoms with Crippen LogP contribution in [0, 0.1) is 12.7 Å². The molecule has 620 valence electrons. The van der Waals surface area contributed by atoms with E-state index in [0.29, 0.717) is 114 Å². The molecule has 5 aliphatic rings. The molecule has 6 N–H and O–H groups in total. The van der Waals surface area contributed by atoms with Crippen LogP contribution in [-0.2, 0) is 19.1 Å². The van der Waals surface area contributed by atoms with Crippen LogP contribution in [-0.4, -0.2) is 203 Å². The number of nitrogen functional groups attached to an aromatic ring is 3. The Morgan fingerprint density at radius 2 is 0.833 bits per heavy atom. The van der Waals surface area contributed by atoms with E-state index in [1.807, 2.05) is 170 Å². The summed E-state index contributed by atoms with van der Waals surface area (Å²) in [5.74, 6) is 4.83. The number of para-hydroxylation sites is 2. The molecule has 120 heavy (non-hydrogen) atoms. The number of methoxy groups -OCH3 is 1. The molecule has 9 heterocycles. The first kappa shape index (κ1) is 83.0. The van der Waals surface area contributed by atoms with Crippen LogP contribution in [0.15, 0.2) is 213 Å². The van der Waals surface area contributed by atoms with Gasteiger partial charge in [0, 0.05) is 131 Å². The van der Waals surface area contributed by atoms with Crippen LogP contribution in [0.4, 0.5) is 21.8 Å². The zero-order chi connectivity index (χ0) is 83.5. The number of nitrogens with zero attached hydrogens (tertiary/aromatic N) is 15. The van der Waals surface area contributed by atoms with Gasteiger partial charge in [-0.1, -0.05) is 120 Å². The third-order valence-corrected chi connectivity index (χ3v) is 23.5. The Hall–Kier alpha value is -12.0. The van der Waals surface area contributed by atoms with Crippen molar-refractivity contribution in [3.05, 3.63) is 235 Å². The lowest BCUT2D eigenvalue weighted by atomic mass is 10.0. The number of amides is 3. The minimum atomic E-state index is -0.367. The van der Waals surface area contributed by atoms with E-state index < -0.39 is 0 Å². The largest absolute Gasteiger partial charge is 0.457 e. The van der Waals surface area contributed by atoms with E-state index in [1.54, 1.807) is 49.6 Å². The summed E-state index contributed by atoms with van der Waals surface area (Å²) in [5.41, 5.74) is 27.5. The zero-order valence-corrected chi connectivity index (χ0v) is 69.5. The smallest absolute Gasteiger partial charge is 0.246 e. The predicted octanol–water partition coefficient (Wildman–Crippen LogP) is 16.3. The Kier molecular flexibility index (Phi) is 26.2. The van der Waals surface area contributed by atoms with Crippen molar-refractivity contribution in [2.45, 2.75) is 88.5 Å². The number of hydrogen-bond donors (Lipinski definition) is 3. The van der Waals surface area contributed by atoms with Crippen molar-refractivity contribution in [3.8, 4) is 67.9 Å². The summed E-state index contributed by atoms with van der Waals surface area (Å²) in [6, 6.07) is 49.8. The van der Waals surface area contributed by atoms with E-state index >= 15 is 0 Å². The number of anilines is 3. The van der Waals surface area contributed by atoms with Crippen LogP contribution in [0.1, 0.15) is 75.2 Å². The van der Waals surface area contributed by atoms with E-state index in [0.717, 1.165) is 130 Å². The molecule has 0 spiro atoms. The van der Waals surface area contributed by atoms with Gasteiger partial charge in [0.2, 0.25) is 17.7 Å². The van der Waals surface area contributed by atoms with E-state index in [9.17, 15) is 18.8 Å². The molecule has 17 rings (SSSR count). The van der Waals surface area contributed by atoms with Gasteiger partial charge in [0.1, 0.15) is 104 Å². The molecular formula is C92H99Cl2FN18O7. The fourth-order valence-corrected chi connectivity index (χ4v) is 17.0. The third-order valence-electron chi connectivity index (χ3n) is 22.7. The molecule has 3 saturated heterocycles. The van der Waals surface area contributed by atoms with Crippen molar-refractivity contribution in [1.29, 1.82) is 0 Å². The van der Waals surface area contributed by atoms with Crippen LogP contribution >= 0.6 is 23.2 Å². The average molecular weight is 1660 g/mol. The number of carbonyl (C=O) groups excluding carboxylic acids is 3. The number of carbonyl (C=O) groups is 3. The summed E-state index contributed by atoms with van der Waals surface area (Å²) in [7, 11) is 7.90. The normalized spacial score (nSPS) is 16.9. The molecular weight excluding hydrogens is 1560 g/mol. The van der Waals surface area contributed by atoms with Gasteiger partial charge in [0.25, 0.3) is 0 Å².